The van der Waals surface area contributed by atoms with Gasteiger partial charge >= 0.3 is 6.09 Å². The Labute approximate surface area is 117 Å². The zero-order valence-corrected chi connectivity index (χ0v) is 13.0. The number of ether oxygens (including phenoxy) is 1. The largest absolute Gasteiger partial charge is 0.446 e. The second-order valence-electron chi connectivity index (χ2n) is 5.98. The molecule has 0 aliphatic rings. The van der Waals surface area contributed by atoms with Crippen LogP contribution >= 0.6 is 0 Å². The predicted molar refractivity (Wildman–Crippen MR) is 77.2 cm³/mol. The normalized spacial score (nSPS) is 12.9. The highest BCUT2D eigenvalue weighted by Gasteiger charge is 2.22. The summed E-state index contributed by atoms with van der Waals surface area (Å²) < 4.78 is 5.35. The van der Waals surface area contributed by atoms with Gasteiger partial charge in [0.2, 0.25) is 0 Å². The first-order chi connectivity index (χ1) is 8.81. The van der Waals surface area contributed by atoms with Gasteiger partial charge in [0, 0.05) is 5.41 Å². The van der Waals surface area contributed by atoms with Crippen LogP contribution in [0.4, 0.5) is 4.79 Å². The van der Waals surface area contributed by atoms with Crippen LogP contribution in [0.15, 0.2) is 0 Å². The SMILES string of the molecule is CCCCC(CCC)OC(=O)NCC(=O)C(C)(C)C. The quantitative estimate of drug-likeness (QED) is 0.732. The van der Waals surface area contributed by atoms with Crippen LogP contribution in [0.3, 0.4) is 0 Å². The topological polar surface area (TPSA) is 55.4 Å². The Morgan fingerprint density at radius 3 is 2.21 bits per heavy atom. The van der Waals surface area contributed by atoms with Gasteiger partial charge in [0.15, 0.2) is 5.78 Å². The van der Waals surface area contributed by atoms with Crippen molar-refractivity contribution in [1.82, 2.24) is 5.32 Å². The summed E-state index contributed by atoms with van der Waals surface area (Å²) in [7, 11) is 0. The Hall–Kier alpha value is -1.06. The van der Waals surface area contributed by atoms with Gasteiger partial charge in [0.1, 0.15) is 6.10 Å². The maximum atomic E-state index is 11.7. The number of rotatable bonds is 8. The van der Waals surface area contributed by atoms with E-state index in [0.717, 1.165) is 32.1 Å². The number of amides is 1. The van der Waals surface area contributed by atoms with Crippen molar-refractivity contribution in [2.24, 2.45) is 5.41 Å². The third-order valence-corrected chi connectivity index (χ3v) is 2.99. The predicted octanol–water partition coefficient (Wildman–Crippen LogP) is 3.69. The summed E-state index contributed by atoms with van der Waals surface area (Å²) in [5.41, 5.74) is -0.432. The van der Waals surface area contributed by atoms with Gasteiger partial charge in [-0.3, -0.25) is 4.79 Å². The molecular weight excluding hydrogens is 242 g/mol. The molecule has 0 spiro atoms. The molecule has 1 unspecified atom stereocenters. The fraction of sp³-hybridized carbons (Fsp3) is 0.867. The van der Waals surface area contributed by atoms with Crippen LogP contribution in [0.2, 0.25) is 0 Å². The van der Waals surface area contributed by atoms with E-state index in [0.29, 0.717) is 0 Å². The number of Topliss-reactive ketones (excluding diaryl/α,β-unsaturated/α-hetero) is 1. The molecule has 0 bridgehead atoms. The number of alkyl carbamates (subject to hydrolysis) is 1. The molecule has 0 aliphatic carbocycles. The summed E-state index contributed by atoms with van der Waals surface area (Å²) >= 11 is 0. The number of unbranched alkanes of at least 4 members (excludes halogenated alkanes) is 1. The van der Waals surface area contributed by atoms with Crippen LogP contribution in [-0.4, -0.2) is 24.5 Å². The molecule has 0 aromatic heterocycles. The van der Waals surface area contributed by atoms with E-state index >= 15 is 0 Å². The molecule has 112 valence electrons. The molecule has 19 heavy (non-hydrogen) atoms. The Morgan fingerprint density at radius 2 is 1.74 bits per heavy atom. The highest BCUT2D eigenvalue weighted by atomic mass is 16.6. The Bertz CT molecular complexity index is 282. The summed E-state index contributed by atoms with van der Waals surface area (Å²) in [4.78, 5) is 23.3. The van der Waals surface area contributed by atoms with Crippen molar-refractivity contribution in [2.75, 3.05) is 6.54 Å². The first kappa shape index (κ1) is 17.9. The number of hydrogen-bond donors (Lipinski definition) is 1. The van der Waals surface area contributed by atoms with Gasteiger partial charge in [0.25, 0.3) is 0 Å². The fourth-order valence-corrected chi connectivity index (χ4v) is 1.63. The number of nitrogens with one attached hydrogen (secondary N) is 1. The zero-order valence-electron chi connectivity index (χ0n) is 13.0. The molecule has 0 saturated heterocycles. The van der Waals surface area contributed by atoms with E-state index < -0.39 is 11.5 Å². The van der Waals surface area contributed by atoms with Crippen LogP contribution in [0.5, 0.6) is 0 Å². The minimum Gasteiger partial charge on any atom is -0.446 e. The Balaban J connectivity index is 4.08. The van der Waals surface area contributed by atoms with Crippen molar-refractivity contribution in [3.8, 4) is 0 Å². The van der Waals surface area contributed by atoms with Gasteiger partial charge in [-0.2, -0.15) is 0 Å². The highest BCUT2D eigenvalue weighted by Crippen LogP contribution is 2.14. The van der Waals surface area contributed by atoms with Crippen molar-refractivity contribution in [3.63, 3.8) is 0 Å². The van der Waals surface area contributed by atoms with Gasteiger partial charge in [0.05, 0.1) is 6.54 Å². The molecule has 4 heteroatoms. The Morgan fingerprint density at radius 1 is 1.11 bits per heavy atom. The van der Waals surface area contributed by atoms with Crippen molar-refractivity contribution >= 4 is 11.9 Å². The van der Waals surface area contributed by atoms with Crippen LogP contribution < -0.4 is 5.32 Å². The molecule has 0 fully saturated rings. The van der Waals surface area contributed by atoms with Crippen molar-refractivity contribution in [3.05, 3.63) is 0 Å². The summed E-state index contributed by atoms with van der Waals surface area (Å²) in [6.07, 6.45) is 4.39. The summed E-state index contributed by atoms with van der Waals surface area (Å²) in [6, 6.07) is 0. The third kappa shape index (κ3) is 8.62. The minimum absolute atomic E-state index is 0.00468. The maximum Gasteiger partial charge on any atom is 0.407 e. The lowest BCUT2D eigenvalue weighted by Crippen LogP contribution is -2.37. The van der Waals surface area contributed by atoms with Crippen LogP contribution in [0.25, 0.3) is 0 Å². The average Bonchev–Trinajstić information content (AvgIpc) is 2.32. The lowest BCUT2D eigenvalue weighted by molar-refractivity contribution is -0.125. The first-order valence-electron chi connectivity index (χ1n) is 7.29. The summed E-state index contributed by atoms with van der Waals surface area (Å²) in [5.74, 6) is 0.00468. The van der Waals surface area contributed by atoms with Gasteiger partial charge < -0.3 is 10.1 Å². The molecular formula is C15H29NO3. The molecule has 0 radical (unpaired) electrons. The molecule has 1 N–H and O–H groups in total. The van der Waals surface area contributed by atoms with Crippen LogP contribution in [0.1, 0.15) is 66.7 Å². The summed E-state index contributed by atoms with van der Waals surface area (Å²) in [5, 5.41) is 2.54. The van der Waals surface area contributed by atoms with E-state index in [1.54, 1.807) is 0 Å². The molecule has 0 heterocycles. The molecule has 4 nitrogen and oxygen atoms in total. The van der Waals surface area contributed by atoms with Crippen LogP contribution in [-0.2, 0) is 9.53 Å². The second-order valence-corrected chi connectivity index (χ2v) is 5.98. The minimum atomic E-state index is -0.479. The Kier molecular flexibility index (Phi) is 8.44. The maximum absolute atomic E-state index is 11.7. The molecule has 0 aromatic rings. The number of carbonyl (C=O) groups excluding carboxylic acids is 2. The molecule has 0 aliphatic heterocycles. The van der Waals surface area contributed by atoms with Crippen molar-refractivity contribution < 1.29 is 14.3 Å². The van der Waals surface area contributed by atoms with Gasteiger partial charge in [-0.05, 0) is 12.8 Å². The zero-order chi connectivity index (χ0) is 14.9. The molecule has 1 atom stereocenters. The van der Waals surface area contributed by atoms with E-state index in [1.165, 1.54) is 0 Å². The lowest BCUT2D eigenvalue weighted by atomic mass is 9.91. The average molecular weight is 271 g/mol. The number of carbonyl (C=O) groups is 2. The van der Waals surface area contributed by atoms with Crippen molar-refractivity contribution in [2.45, 2.75) is 72.8 Å². The number of hydrogen-bond acceptors (Lipinski definition) is 3. The molecule has 1 amide bonds. The van der Waals surface area contributed by atoms with E-state index in [9.17, 15) is 9.59 Å². The van der Waals surface area contributed by atoms with E-state index in [4.69, 9.17) is 4.74 Å². The monoisotopic (exact) mass is 271 g/mol. The molecule has 0 saturated carbocycles. The molecule has 0 rings (SSSR count). The first-order valence-corrected chi connectivity index (χ1v) is 7.29. The van der Waals surface area contributed by atoms with Gasteiger partial charge in [-0.25, -0.2) is 4.79 Å². The highest BCUT2D eigenvalue weighted by molar-refractivity contribution is 5.88. The van der Waals surface area contributed by atoms with Gasteiger partial charge in [-0.1, -0.05) is 53.9 Å². The lowest BCUT2D eigenvalue weighted by Gasteiger charge is -2.19. The molecule has 0 aromatic carbocycles. The number of ketones is 1. The van der Waals surface area contributed by atoms with Crippen LogP contribution in [0, 0.1) is 5.41 Å². The smallest absolute Gasteiger partial charge is 0.407 e. The van der Waals surface area contributed by atoms with Crippen molar-refractivity contribution in [1.29, 1.82) is 0 Å². The second kappa shape index (κ2) is 8.94. The fourth-order valence-electron chi connectivity index (χ4n) is 1.63. The van der Waals surface area contributed by atoms with E-state index in [-0.39, 0.29) is 18.4 Å². The van der Waals surface area contributed by atoms with E-state index in [1.807, 2.05) is 20.8 Å². The standard InChI is InChI=1S/C15H29NO3/c1-6-8-10-12(9-7-2)19-14(18)16-11-13(17)15(3,4)5/h12H,6-11H2,1-5H3,(H,16,18). The van der Waals surface area contributed by atoms with E-state index in [2.05, 4.69) is 19.2 Å². The summed E-state index contributed by atoms with van der Waals surface area (Å²) in [6.45, 7) is 9.74. The third-order valence-electron chi connectivity index (χ3n) is 2.99. The van der Waals surface area contributed by atoms with Gasteiger partial charge in [-0.15, -0.1) is 0 Å².